The number of morpholine rings is 1. The van der Waals surface area contributed by atoms with E-state index in [1.54, 1.807) is 23.4 Å². The average molecular weight is 469 g/mol. The van der Waals surface area contributed by atoms with E-state index in [2.05, 4.69) is 31.2 Å². The van der Waals surface area contributed by atoms with Gasteiger partial charge in [0.05, 0.1) is 18.1 Å². The highest BCUT2D eigenvalue weighted by molar-refractivity contribution is 9.10. The molecule has 1 fully saturated rings. The summed E-state index contributed by atoms with van der Waals surface area (Å²) in [4.78, 5) is 21.4. The Balaban J connectivity index is 1.57. The van der Waals surface area contributed by atoms with E-state index in [1.165, 1.54) is 0 Å². The van der Waals surface area contributed by atoms with E-state index in [0.717, 1.165) is 33.8 Å². The van der Waals surface area contributed by atoms with Gasteiger partial charge in [-0.2, -0.15) is 0 Å². The van der Waals surface area contributed by atoms with Crippen LogP contribution in [0.4, 0.5) is 19.3 Å². The number of nitrogens with zero attached hydrogens (tertiary/aromatic N) is 2. The number of fused-ring (bicyclic) bond motifs is 1. The maximum absolute atomic E-state index is 14.6. The van der Waals surface area contributed by atoms with Crippen LogP contribution in [0.3, 0.4) is 0 Å². The van der Waals surface area contributed by atoms with E-state index in [1.807, 2.05) is 0 Å². The summed E-state index contributed by atoms with van der Waals surface area (Å²) in [5, 5.41) is 3.28. The largest absolute Gasteiger partial charge is 0.378 e. The lowest BCUT2D eigenvalue weighted by Gasteiger charge is -2.27. The quantitative estimate of drug-likeness (QED) is 0.588. The summed E-state index contributed by atoms with van der Waals surface area (Å²) in [6.45, 7) is 1.77. The zero-order chi connectivity index (χ0) is 19.7. The Bertz CT molecular complexity index is 1020. The lowest BCUT2D eigenvalue weighted by atomic mass is 10.3. The Morgan fingerprint density at radius 1 is 1.29 bits per heavy atom. The summed E-state index contributed by atoms with van der Waals surface area (Å²) >= 11 is 4.38. The number of aromatic nitrogens is 2. The molecule has 2 aromatic heterocycles. The lowest BCUT2D eigenvalue weighted by molar-refractivity contribution is 0.0564. The molecule has 146 valence electrons. The Hall–Kier alpha value is -2.17. The zero-order valence-electron chi connectivity index (χ0n) is 14.5. The third-order valence-corrected chi connectivity index (χ3v) is 6.03. The van der Waals surface area contributed by atoms with Gasteiger partial charge in [0, 0.05) is 45.9 Å². The molecule has 0 atom stereocenters. The molecule has 4 rings (SSSR count). The first-order valence-electron chi connectivity index (χ1n) is 8.45. The number of halogens is 3. The van der Waals surface area contributed by atoms with Crippen molar-refractivity contribution in [3.05, 3.63) is 46.7 Å². The number of carbonyl (C=O) groups is 1. The van der Waals surface area contributed by atoms with Gasteiger partial charge in [0.1, 0.15) is 17.3 Å². The normalized spacial score (nSPS) is 14.5. The first-order valence-corrected chi connectivity index (χ1v) is 10.1. The van der Waals surface area contributed by atoms with Gasteiger partial charge in [-0.05, 0) is 34.1 Å². The molecule has 0 radical (unpaired) electrons. The van der Waals surface area contributed by atoms with Crippen LogP contribution in [-0.4, -0.2) is 47.2 Å². The summed E-state index contributed by atoms with van der Waals surface area (Å²) < 4.78 is 35.2. The van der Waals surface area contributed by atoms with Crippen LogP contribution in [0, 0.1) is 11.6 Å². The van der Waals surface area contributed by atoms with Crippen molar-refractivity contribution in [2.24, 2.45) is 0 Å². The SMILES string of the molecule is O=C(Nc1cc(F)c(Sc2ccnc3[nH]cc(Br)c23)c(F)c1)N1CCOCC1. The highest BCUT2D eigenvalue weighted by Crippen LogP contribution is 2.39. The maximum Gasteiger partial charge on any atom is 0.322 e. The number of nitrogens with one attached hydrogen (secondary N) is 2. The van der Waals surface area contributed by atoms with Crippen LogP contribution in [0.5, 0.6) is 0 Å². The smallest absolute Gasteiger partial charge is 0.322 e. The fourth-order valence-corrected chi connectivity index (χ4v) is 4.50. The highest BCUT2D eigenvalue weighted by atomic mass is 79.9. The summed E-state index contributed by atoms with van der Waals surface area (Å²) in [6.07, 6.45) is 3.29. The molecule has 1 aromatic carbocycles. The summed E-state index contributed by atoms with van der Waals surface area (Å²) in [5.41, 5.74) is 0.686. The van der Waals surface area contributed by atoms with Crippen molar-refractivity contribution < 1.29 is 18.3 Å². The number of ether oxygens (including phenoxy) is 1. The number of H-pyrrole nitrogens is 1. The topological polar surface area (TPSA) is 70.2 Å². The number of hydrogen-bond donors (Lipinski definition) is 2. The van der Waals surface area contributed by atoms with Crippen molar-refractivity contribution in [1.82, 2.24) is 14.9 Å². The van der Waals surface area contributed by atoms with Crippen molar-refractivity contribution in [3.8, 4) is 0 Å². The molecule has 0 saturated carbocycles. The third kappa shape index (κ3) is 3.85. The Morgan fingerprint density at radius 2 is 2.00 bits per heavy atom. The number of anilines is 1. The molecule has 1 saturated heterocycles. The maximum atomic E-state index is 14.6. The van der Waals surface area contributed by atoms with Crippen LogP contribution in [0.15, 0.2) is 44.9 Å². The minimum atomic E-state index is -0.751. The van der Waals surface area contributed by atoms with Crippen molar-refractivity contribution >= 4 is 50.4 Å². The molecule has 0 bridgehead atoms. The van der Waals surface area contributed by atoms with Crippen LogP contribution >= 0.6 is 27.7 Å². The Morgan fingerprint density at radius 3 is 2.71 bits per heavy atom. The molecule has 1 aliphatic heterocycles. The van der Waals surface area contributed by atoms with Crippen LogP contribution < -0.4 is 5.32 Å². The fraction of sp³-hybridized carbons (Fsp3) is 0.222. The fourth-order valence-electron chi connectivity index (χ4n) is 2.88. The molecular weight excluding hydrogens is 454 g/mol. The van der Waals surface area contributed by atoms with E-state index < -0.39 is 17.7 Å². The first-order chi connectivity index (χ1) is 13.5. The van der Waals surface area contributed by atoms with E-state index in [0.29, 0.717) is 36.8 Å². The molecule has 10 heteroatoms. The third-order valence-electron chi connectivity index (χ3n) is 4.25. The van der Waals surface area contributed by atoms with Gasteiger partial charge in [-0.3, -0.25) is 0 Å². The van der Waals surface area contributed by atoms with Crippen LogP contribution in [0.25, 0.3) is 11.0 Å². The van der Waals surface area contributed by atoms with Gasteiger partial charge in [-0.15, -0.1) is 0 Å². The molecule has 2 amide bonds. The van der Waals surface area contributed by atoms with Gasteiger partial charge in [0.2, 0.25) is 0 Å². The van der Waals surface area contributed by atoms with Gasteiger partial charge >= 0.3 is 6.03 Å². The van der Waals surface area contributed by atoms with Gasteiger partial charge in [-0.1, -0.05) is 11.8 Å². The molecule has 0 aliphatic carbocycles. The number of rotatable bonds is 3. The van der Waals surface area contributed by atoms with Crippen molar-refractivity contribution in [3.63, 3.8) is 0 Å². The van der Waals surface area contributed by atoms with Gasteiger partial charge < -0.3 is 19.9 Å². The lowest BCUT2D eigenvalue weighted by Crippen LogP contribution is -2.43. The summed E-state index contributed by atoms with van der Waals surface area (Å²) in [5.74, 6) is -1.50. The second-order valence-electron chi connectivity index (χ2n) is 6.07. The number of hydrogen-bond acceptors (Lipinski definition) is 4. The Kier molecular flexibility index (Phi) is 5.51. The first kappa shape index (κ1) is 19.2. The average Bonchev–Trinajstić information content (AvgIpc) is 3.07. The number of benzene rings is 1. The predicted octanol–water partition coefficient (Wildman–Crippen LogP) is 4.62. The van der Waals surface area contributed by atoms with Gasteiger partial charge in [-0.25, -0.2) is 18.6 Å². The van der Waals surface area contributed by atoms with Gasteiger partial charge in [0.15, 0.2) is 0 Å². The molecule has 1 aliphatic rings. The summed E-state index contributed by atoms with van der Waals surface area (Å²) in [6, 6.07) is 3.52. The minimum absolute atomic E-state index is 0.0681. The molecule has 28 heavy (non-hydrogen) atoms. The number of amides is 2. The molecule has 3 heterocycles. The standard InChI is InChI=1S/C18H15BrF2N4O2S/c19-11-9-23-17-15(11)14(1-2-22-17)28-16-12(20)7-10(8-13(16)21)24-18(26)25-3-5-27-6-4-25/h1-2,7-9H,3-6H2,(H,22,23)(H,24,26). The zero-order valence-corrected chi connectivity index (χ0v) is 16.9. The van der Waals surface area contributed by atoms with Crippen molar-refractivity contribution in [2.45, 2.75) is 9.79 Å². The van der Waals surface area contributed by atoms with E-state index in [9.17, 15) is 13.6 Å². The van der Waals surface area contributed by atoms with E-state index in [4.69, 9.17) is 4.74 Å². The Labute approximate surface area is 171 Å². The van der Waals surface area contributed by atoms with Crippen LogP contribution in [0.2, 0.25) is 0 Å². The molecule has 0 unspecified atom stereocenters. The number of pyridine rings is 1. The van der Waals surface area contributed by atoms with Crippen LogP contribution in [0.1, 0.15) is 0 Å². The predicted molar refractivity (Wildman–Crippen MR) is 106 cm³/mol. The van der Waals surface area contributed by atoms with E-state index in [-0.39, 0.29) is 10.6 Å². The van der Waals surface area contributed by atoms with E-state index >= 15 is 0 Å². The monoisotopic (exact) mass is 468 g/mol. The molecule has 3 aromatic rings. The second kappa shape index (κ2) is 8.06. The highest BCUT2D eigenvalue weighted by Gasteiger charge is 2.20. The van der Waals surface area contributed by atoms with Crippen LogP contribution in [-0.2, 0) is 4.74 Å². The molecule has 2 N–H and O–H groups in total. The molecular formula is C18H15BrF2N4O2S. The van der Waals surface area contributed by atoms with Gasteiger partial charge in [0.25, 0.3) is 0 Å². The number of urea groups is 1. The number of carbonyl (C=O) groups excluding carboxylic acids is 1. The van der Waals surface area contributed by atoms with Crippen molar-refractivity contribution in [2.75, 3.05) is 31.6 Å². The second-order valence-corrected chi connectivity index (χ2v) is 7.98. The summed E-state index contributed by atoms with van der Waals surface area (Å²) in [7, 11) is 0. The molecule has 6 nitrogen and oxygen atoms in total. The van der Waals surface area contributed by atoms with Crippen molar-refractivity contribution in [1.29, 1.82) is 0 Å². The minimum Gasteiger partial charge on any atom is -0.378 e. The number of aromatic amines is 1. The molecule has 0 spiro atoms.